The lowest BCUT2D eigenvalue weighted by molar-refractivity contribution is -0.122. The topological polar surface area (TPSA) is 17.1 Å². The van der Waals surface area contributed by atoms with Crippen LogP contribution in [0.2, 0.25) is 0 Å². The summed E-state index contributed by atoms with van der Waals surface area (Å²) in [6.07, 6.45) is 9.75. The largest absolute Gasteiger partial charge is 0.299 e. The van der Waals surface area contributed by atoms with E-state index in [-0.39, 0.29) is 5.92 Å². The summed E-state index contributed by atoms with van der Waals surface area (Å²) in [4.78, 5) is 11.8. The van der Waals surface area contributed by atoms with Gasteiger partial charge >= 0.3 is 0 Å². The summed E-state index contributed by atoms with van der Waals surface area (Å²) in [7, 11) is 0. The molecule has 0 aromatic carbocycles. The van der Waals surface area contributed by atoms with Crippen molar-refractivity contribution in [1.82, 2.24) is 0 Å². The molecule has 0 saturated heterocycles. The van der Waals surface area contributed by atoms with E-state index in [9.17, 15) is 4.79 Å². The van der Waals surface area contributed by atoms with Crippen molar-refractivity contribution in [2.75, 3.05) is 0 Å². The van der Waals surface area contributed by atoms with Crippen molar-refractivity contribution in [3.05, 3.63) is 23.8 Å². The summed E-state index contributed by atoms with van der Waals surface area (Å²) in [5, 5.41) is 0. The van der Waals surface area contributed by atoms with E-state index in [4.69, 9.17) is 0 Å². The molecule has 0 rings (SSSR count). The molecule has 0 N–H and O–H groups in total. The van der Waals surface area contributed by atoms with Crippen molar-refractivity contribution in [2.24, 2.45) is 5.92 Å². The molecule has 0 saturated carbocycles. The third-order valence-electron chi connectivity index (χ3n) is 2.42. The van der Waals surface area contributed by atoms with E-state index in [0.29, 0.717) is 5.78 Å². The number of rotatable bonds is 7. The zero-order valence-corrected chi connectivity index (χ0v) is 10.5. The van der Waals surface area contributed by atoms with Crippen LogP contribution in [0.3, 0.4) is 0 Å². The number of carbonyl (C=O) groups excluding carboxylic acids is 1. The van der Waals surface area contributed by atoms with Gasteiger partial charge in [-0.3, -0.25) is 4.79 Å². The zero-order chi connectivity index (χ0) is 11.7. The number of Topliss-reactive ketones (excluding diaryl/α,β-unsaturated/α-hetero) is 1. The van der Waals surface area contributed by atoms with Crippen LogP contribution in [-0.4, -0.2) is 5.78 Å². The molecule has 0 aliphatic heterocycles. The van der Waals surface area contributed by atoms with Gasteiger partial charge in [-0.25, -0.2) is 0 Å². The Morgan fingerprint density at radius 3 is 2.40 bits per heavy atom. The first-order valence-electron chi connectivity index (χ1n) is 5.89. The molecule has 0 heterocycles. The maximum atomic E-state index is 11.8. The van der Waals surface area contributed by atoms with Crippen molar-refractivity contribution in [3.8, 4) is 0 Å². The second kappa shape index (κ2) is 8.46. The summed E-state index contributed by atoms with van der Waals surface area (Å²) in [5.74, 6) is 0.601. The fourth-order valence-electron chi connectivity index (χ4n) is 1.49. The number of hydrogen-bond donors (Lipinski definition) is 0. The van der Waals surface area contributed by atoms with E-state index >= 15 is 0 Å². The zero-order valence-electron chi connectivity index (χ0n) is 10.5. The summed E-state index contributed by atoms with van der Waals surface area (Å²) >= 11 is 0. The fourth-order valence-corrected chi connectivity index (χ4v) is 1.49. The van der Waals surface area contributed by atoms with Gasteiger partial charge in [0.05, 0.1) is 0 Å². The Morgan fingerprint density at radius 1 is 1.27 bits per heavy atom. The quantitative estimate of drug-likeness (QED) is 0.570. The molecule has 0 amide bonds. The summed E-state index contributed by atoms with van der Waals surface area (Å²) in [6.45, 7) is 8.22. The van der Waals surface area contributed by atoms with Gasteiger partial charge in [0.15, 0.2) is 0 Å². The molecule has 0 fully saturated rings. The highest BCUT2D eigenvalue weighted by Crippen LogP contribution is 2.16. The molecule has 0 spiro atoms. The molecule has 0 aromatic heterocycles. The Bertz CT molecular complexity index is 232. The van der Waals surface area contributed by atoms with E-state index < -0.39 is 0 Å². The number of hydrogen-bond acceptors (Lipinski definition) is 1. The Morgan fingerprint density at radius 2 is 1.93 bits per heavy atom. The molecule has 1 atom stereocenters. The first-order valence-corrected chi connectivity index (χ1v) is 5.89. The highest BCUT2D eigenvalue weighted by atomic mass is 16.1. The molecule has 0 aromatic rings. The second-order valence-corrected chi connectivity index (χ2v) is 4.24. The Kier molecular flexibility index (Phi) is 7.98. The molecule has 0 aliphatic carbocycles. The van der Waals surface area contributed by atoms with E-state index in [0.717, 1.165) is 25.7 Å². The van der Waals surface area contributed by atoms with Crippen LogP contribution in [0, 0.1) is 5.92 Å². The fraction of sp³-hybridized carbons (Fsp3) is 0.643. The Labute approximate surface area is 94.3 Å². The van der Waals surface area contributed by atoms with Crippen LogP contribution < -0.4 is 0 Å². The van der Waals surface area contributed by atoms with E-state index in [1.54, 1.807) is 0 Å². The van der Waals surface area contributed by atoms with Crippen LogP contribution in [0.25, 0.3) is 0 Å². The first kappa shape index (κ1) is 14.2. The van der Waals surface area contributed by atoms with Gasteiger partial charge in [0, 0.05) is 12.3 Å². The van der Waals surface area contributed by atoms with E-state index in [1.807, 2.05) is 13.0 Å². The maximum absolute atomic E-state index is 11.8. The van der Waals surface area contributed by atoms with Gasteiger partial charge in [-0.1, -0.05) is 30.7 Å². The second-order valence-electron chi connectivity index (χ2n) is 4.24. The number of allylic oxidation sites excluding steroid dienone is 4. The van der Waals surface area contributed by atoms with Crippen LogP contribution >= 0.6 is 0 Å². The van der Waals surface area contributed by atoms with Crippen LogP contribution in [0.5, 0.6) is 0 Å². The molecule has 86 valence electrons. The molecule has 1 heteroatoms. The van der Waals surface area contributed by atoms with Crippen molar-refractivity contribution in [1.29, 1.82) is 0 Å². The van der Waals surface area contributed by atoms with Crippen LogP contribution in [0.4, 0.5) is 0 Å². The lowest BCUT2D eigenvalue weighted by Crippen LogP contribution is -2.12. The monoisotopic (exact) mass is 208 g/mol. The van der Waals surface area contributed by atoms with Gasteiger partial charge in [-0.15, -0.1) is 0 Å². The van der Waals surface area contributed by atoms with Crippen molar-refractivity contribution in [2.45, 2.75) is 53.4 Å². The number of ketones is 1. The molecule has 1 nitrogen and oxygen atoms in total. The minimum atomic E-state index is 0.191. The molecular weight excluding hydrogens is 184 g/mol. The van der Waals surface area contributed by atoms with Crippen molar-refractivity contribution >= 4 is 5.78 Å². The molecule has 0 bridgehead atoms. The van der Waals surface area contributed by atoms with Crippen molar-refractivity contribution < 1.29 is 4.79 Å². The summed E-state index contributed by atoms with van der Waals surface area (Å²) in [5.41, 5.74) is 1.30. The van der Waals surface area contributed by atoms with Gasteiger partial charge in [0.1, 0.15) is 5.78 Å². The first-order chi connectivity index (χ1) is 7.11. The van der Waals surface area contributed by atoms with Gasteiger partial charge in [-0.2, -0.15) is 0 Å². The normalized spacial score (nSPS) is 12.8. The Hall–Kier alpha value is -0.850. The molecular formula is C14H24O. The molecule has 15 heavy (non-hydrogen) atoms. The standard InChI is InChI=1S/C14H24O/c1-5-7-9-13(11-10-12(3)4)14(15)8-6-2/h5,7,10,13H,6,8-9,11H2,1-4H3. The van der Waals surface area contributed by atoms with E-state index in [2.05, 4.69) is 32.9 Å². The lowest BCUT2D eigenvalue weighted by Gasteiger charge is -2.11. The average molecular weight is 208 g/mol. The number of carbonyl (C=O) groups is 1. The van der Waals surface area contributed by atoms with Crippen LogP contribution in [-0.2, 0) is 4.79 Å². The predicted octanol–water partition coefficient (Wildman–Crippen LogP) is 4.29. The summed E-state index contributed by atoms with van der Waals surface area (Å²) in [6, 6.07) is 0. The third kappa shape index (κ3) is 7.12. The third-order valence-corrected chi connectivity index (χ3v) is 2.42. The minimum absolute atomic E-state index is 0.191. The van der Waals surface area contributed by atoms with Crippen LogP contribution in [0.1, 0.15) is 53.4 Å². The molecule has 0 radical (unpaired) electrons. The van der Waals surface area contributed by atoms with E-state index in [1.165, 1.54) is 5.57 Å². The Balaban J connectivity index is 4.29. The summed E-state index contributed by atoms with van der Waals surface area (Å²) < 4.78 is 0. The predicted molar refractivity (Wildman–Crippen MR) is 66.9 cm³/mol. The minimum Gasteiger partial charge on any atom is -0.299 e. The van der Waals surface area contributed by atoms with Gasteiger partial charge in [0.2, 0.25) is 0 Å². The van der Waals surface area contributed by atoms with Crippen molar-refractivity contribution in [3.63, 3.8) is 0 Å². The van der Waals surface area contributed by atoms with Gasteiger partial charge < -0.3 is 0 Å². The highest BCUT2D eigenvalue weighted by Gasteiger charge is 2.14. The van der Waals surface area contributed by atoms with Gasteiger partial charge in [0.25, 0.3) is 0 Å². The average Bonchev–Trinajstić information content (AvgIpc) is 2.17. The lowest BCUT2D eigenvalue weighted by atomic mass is 9.92. The maximum Gasteiger partial charge on any atom is 0.136 e. The smallest absolute Gasteiger partial charge is 0.136 e. The molecule has 1 unspecified atom stereocenters. The SMILES string of the molecule is CC=CCC(CC=C(C)C)C(=O)CCC. The highest BCUT2D eigenvalue weighted by molar-refractivity contribution is 5.81. The van der Waals surface area contributed by atoms with Crippen LogP contribution in [0.15, 0.2) is 23.8 Å². The van der Waals surface area contributed by atoms with Gasteiger partial charge in [-0.05, 0) is 40.0 Å². The molecule has 0 aliphatic rings.